The summed E-state index contributed by atoms with van der Waals surface area (Å²) >= 11 is 1.58. The zero-order valence-corrected chi connectivity index (χ0v) is 12.4. The van der Waals surface area contributed by atoms with E-state index >= 15 is 0 Å². The molecule has 0 fully saturated rings. The molecule has 0 saturated heterocycles. The maximum atomic E-state index is 12.5. The minimum atomic E-state index is 0.109. The van der Waals surface area contributed by atoms with Crippen LogP contribution in [0.5, 0.6) is 0 Å². The van der Waals surface area contributed by atoms with E-state index in [1.54, 1.807) is 11.3 Å². The van der Waals surface area contributed by atoms with Gasteiger partial charge in [-0.25, -0.2) is 4.98 Å². The van der Waals surface area contributed by atoms with Crippen molar-refractivity contribution in [2.45, 2.75) is 12.8 Å². The molecule has 2 aromatic carbocycles. The van der Waals surface area contributed by atoms with Crippen LogP contribution in [0.4, 0.5) is 0 Å². The van der Waals surface area contributed by atoms with Gasteiger partial charge in [0.15, 0.2) is 5.78 Å². The van der Waals surface area contributed by atoms with Gasteiger partial charge in [0.1, 0.15) is 5.01 Å². The molecule has 1 aromatic heterocycles. The number of fused-ring (bicyclic) bond motifs is 1. The zero-order valence-electron chi connectivity index (χ0n) is 11.6. The van der Waals surface area contributed by atoms with Crippen LogP contribution in [0.2, 0.25) is 0 Å². The Kier molecular flexibility index (Phi) is 4.08. The van der Waals surface area contributed by atoms with E-state index in [1.807, 2.05) is 48.5 Å². The van der Waals surface area contributed by atoms with Gasteiger partial charge >= 0.3 is 0 Å². The average molecular weight is 296 g/mol. The van der Waals surface area contributed by atoms with E-state index in [0.717, 1.165) is 32.8 Å². The van der Waals surface area contributed by atoms with E-state index < -0.39 is 0 Å². The van der Waals surface area contributed by atoms with Crippen LogP contribution in [0.15, 0.2) is 48.5 Å². The quantitative estimate of drug-likeness (QED) is 0.735. The largest absolute Gasteiger partial charge is 0.330 e. The van der Waals surface area contributed by atoms with Gasteiger partial charge in [0.25, 0.3) is 0 Å². The molecule has 0 radical (unpaired) electrons. The molecule has 4 heteroatoms. The molecule has 2 N–H and O–H groups in total. The first-order valence-corrected chi connectivity index (χ1v) is 7.75. The SMILES string of the molecule is NCCc1ccccc1C(=O)Cc1nc2ccccc2s1. The molecule has 0 atom stereocenters. The van der Waals surface area contributed by atoms with Gasteiger partial charge in [-0.2, -0.15) is 0 Å². The highest BCUT2D eigenvalue weighted by molar-refractivity contribution is 7.18. The number of ketones is 1. The van der Waals surface area contributed by atoms with E-state index in [-0.39, 0.29) is 5.78 Å². The van der Waals surface area contributed by atoms with E-state index in [9.17, 15) is 4.79 Å². The van der Waals surface area contributed by atoms with E-state index in [2.05, 4.69) is 4.98 Å². The number of para-hydroxylation sites is 1. The fraction of sp³-hybridized carbons (Fsp3) is 0.176. The van der Waals surface area contributed by atoms with Crippen molar-refractivity contribution >= 4 is 27.3 Å². The molecule has 0 unspecified atom stereocenters. The number of hydrogen-bond donors (Lipinski definition) is 1. The molecule has 0 amide bonds. The Morgan fingerprint density at radius 3 is 2.67 bits per heavy atom. The van der Waals surface area contributed by atoms with Gasteiger partial charge in [-0.1, -0.05) is 36.4 Å². The molecule has 0 bridgehead atoms. The van der Waals surface area contributed by atoms with Crippen LogP contribution in [0, 0.1) is 0 Å². The van der Waals surface area contributed by atoms with Crippen molar-refractivity contribution in [3.63, 3.8) is 0 Å². The molecule has 0 spiro atoms. The summed E-state index contributed by atoms with van der Waals surface area (Å²) in [6.07, 6.45) is 1.07. The second-order valence-electron chi connectivity index (χ2n) is 4.87. The second-order valence-corrected chi connectivity index (χ2v) is 5.99. The third-order valence-corrected chi connectivity index (χ3v) is 4.42. The van der Waals surface area contributed by atoms with Gasteiger partial charge in [0.05, 0.1) is 16.6 Å². The van der Waals surface area contributed by atoms with Gasteiger partial charge in [-0.05, 0) is 30.7 Å². The minimum Gasteiger partial charge on any atom is -0.330 e. The van der Waals surface area contributed by atoms with Crippen molar-refractivity contribution in [2.75, 3.05) is 6.54 Å². The fourth-order valence-corrected chi connectivity index (χ4v) is 3.36. The molecular weight excluding hydrogens is 280 g/mol. The Morgan fingerprint density at radius 1 is 1.10 bits per heavy atom. The molecule has 3 rings (SSSR count). The van der Waals surface area contributed by atoms with Crippen molar-refractivity contribution in [3.8, 4) is 0 Å². The van der Waals surface area contributed by atoms with Crippen molar-refractivity contribution in [1.82, 2.24) is 4.98 Å². The number of thiazole rings is 1. The molecule has 21 heavy (non-hydrogen) atoms. The number of rotatable bonds is 5. The average Bonchev–Trinajstić information content (AvgIpc) is 2.90. The number of benzene rings is 2. The molecule has 0 aliphatic rings. The van der Waals surface area contributed by atoms with Gasteiger partial charge in [-0.3, -0.25) is 4.79 Å². The minimum absolute atomic E-state index is 0.109. The van der Waals surface area contributed by atoms with Crippen molar-refractivity contribution < 1.29 is 4.79 Å². The number of nitrogens with two attached hydrogens (primary N) is 1. The predicted molar refractivity (Wildman–Crippen MR) is 86.9 cm³/mol. The van der Waals surface area contributed by atoms with Crippen LogP contribution in [0.25, 0.3) is 10.2 Å². The van der Waals surface area contributed by atoms with Gasteiger partial charge in [-0.15, -0.1) is 11.3 Å². The standard InChI is InChI=1S/C17H16N2OS/c18-10-9-12-5-1-2-6-13(12)15(20)11-17-19-14-7-3-4-8-16(14)21-17/h1-8H,9-11,18H2. The Morgan fingerprint density at radius 2 is 1.86 bits per heavy atom. The highest BCUT2D eigenvalue weighted by atomic mass is 32.1. The summed E-state index contributed by atoms with van der Waals surface area (Å²) in [6, 6.07) is 15.6. The Balaban J connectivity index is 1.86. The molecule has 3 aromatic rings. The van der Waals surface area contributed by atoms with Crippen LogP contribution in [0.3, 0.4) is 0 Å². The monoisotopic (exact) mass is 296 g/mol. The topological polar surface area (TPSA) is 56.0 Å². The number of carbonyl (C=O) groups excluding carboxylic acids is 1. The van der Waals surface area contributed by atoms with Crippen LogP contribution in [-0.4, -0.2) is 17.3 Å². The highest BCUT2D eigenvalue weighted by Gasteiger charge is 2.13. The Bertz CT molecular complexity index is 746. The maximum absolute atomic E-state index is 12.5. The lowest BCUT2D eigenvalue weighted by Gasteiger charge is -2.06. The summed E-state index contributed by atoms with van der Waals surface area (Å²) in [7, 11) is 0. The number of nitrogens with zero attached hydrogens (tertiary/aromatic N) is 1. The summed E-state index contributed by atoms with van der Waals surface area (Å²) in [5.74, 6) is 0.109. The molecule has 0 aliphatic heterocycles. The Hall–Kier alpha value is -2.04. The smallest absolute Gasteiger partial charge is 0.169 e. The first kappa shape index (κ1) is 13.9. The van der Waals surface area contributed by atoms with Gasteiger partial charge in [0.2, 0.25) is 0 Å². The van der Waals surface area contributed by atoms with Gasteiger partial charge in [0, 0.05) is 5.56 Å². The van der Waals surface area contributed by atoms with E-state index in [0.29, 0.717) is 13.0 Å². The summed E-state index contributed by atoms with van der Waals surface area (Å²) in [5.41, 5.74) is 8.36. The number of Topliss-reactive ketones (excluding diaryl/α,β-unsaturated/α-hetero) is 1. The van der Waals surface area contributed by atoms with Crippen molar-refractivity contribution in [2.24, 2.45) is 5.73 Å². The lowest BCUT2D eigenvalue weighted by atomic mass is 9.99. The third-order valence-electron chi connectivity index (χ3n) is 3.38. The molecular formula is C17H16N2OS. The Labute approximate surface area is 127 Å². The first-order valence-electron chi connectivity index (χ1n) is 6.93. The van der Waals surface area contributed by atoms with Crippen LogP contribution >= 0.6 is 11.3 Å². The molecule has 0 aliphatic carbocycles. The zero-order chi connectivity index (χ0) is 14.7. The van der Waals surface area contributed by atoms with Crippen molar-refractivity contribution in [1.29, 1.82) is 0 Å². The summed E-state index contributed by atoms with van der Waals surface area (Å²) < 4.78 is 1.12. The second kappa shape index (κ2) is 6.16. The molecule has 0 saturated carbocycles. The predicted octanol–water partition coefficient (Wildman–Crippen LogP) is 3.22. The number of aromatic nitrogens is 1. The third kappa shape index (κ3) is 3.01. The van der Waals surface area contributed by atoms with Gasteiger partial charge < -0.3 is 5.73 Å². The van der Waals surface area contributed by atoms with E-state index in [4.69, 9.17) is 5.73 Å². The number of hydrogen-bond acceptors (Lipinski definition) is 4. The number of carbonyl (C=O) groups is 1. The summed E-state index contributed by atoms with van der Waals surface area (Å²) in [5, 5.41) is 0.865. The van der Waals surface area contributed by atoms with Crippen molar-refractivity contribution in [3.05, 3.63) is 64.7 Å². The van der Waals surface area contributed by atoms with Crippen LogP contribution < -0.4 is 5.73 Å². The fourth-order valence-electron chi connectivity index (χ4n) is 2.39. The molecule has 3 nitrogen and oxygen atoms in total. The summed E-state index contributed by atoms with van der Waals surface area (Å²) in [6.45, 7) is 0.547. The lowest BCUT2D eigenvalue weighted by Crippen LogP contribution is -2.10. The van der Waals surface area contributed by atoms with E-state index in [1.165, 1.54) is 0 Å². The lowest BCUT2D eigenvalue weighted by molar-refractivity contribution is 0.0992. The first-order chi connectivity index (χ1) is 10.3. The maximum Gasteiger partial charge on any atom is 0.169 e. The highest BCUT2D eigenvalue weighted by Crippen LogP contribution is 2.23. The summed E-state index contributed by atoms with van der Waals surface area (Å²) in [4.78, 5) is 17.0. The normalized spacial score (nSPS) is 10.9. The molecule has 1 heterocycles. The molecule has 106 valence electrons. The van der Waals surface area contributed by atoms with Crippen LogP contribution in [0.1, 0.15) is 20.9 Å². The van der Waals surface area contributed by atoms with Crippen LogP contribution in [-0.2, 0) is 12.8 Å².